The van der Waals surface area contributed by atoms with Crippen molar-refractivity contribution < 1.29 is 29.2 Å². The molecule has 11 nitrogen and oxygen atoms in total. The van der Waals surface area contributed by atoms with Crippen molar-refractivity contribution in [1.82, 2.24) is 15.0 Å². The highest BCUT2D eigenvalue weighted by atomic mass is 16.3. The lowest BCUT2D eigenvalue weighted by atomic mass is 9.71. The molecule has 2 aromatic carbocycles. The summed E-state index contributed by atoms with van der Waals surface area (Å²) in [6, 6.07) is 24.3. The lowest BCUT2D eigenvalue weighted by Crippen LogP contribution is -3.19. The molecule has 2 bridgehead atoms. The van der Waals surface area contributed by atoms with Gasteiger partial charge in [-0.3, -0.25) is 19.6 Å². The SMILES string of the molecule is C=CC1C[NH+](CC(=O)Nc2cccc(NC(=O)C[N+]34CCC(CC3C(O)c3ccnc5ccccc35)C(C=C)C4)n2)C(C(O)c2ccnc3ccccc23)CC1CCC. The summed E-state index contributed by atoms with van der Waals surface area (Å²) in [5.41, 5.74) is 3.32. The number of aliphatic hydroxyl groups excluding tert-OH is 2. The van der Waals surface area contributed by atoms with Gasteiger partial charge >= 0.3 is 0 Å². The summed E-state index contributed by atoms with van der Waals surface area (Å²) in [6.45, 7) is 13.0. The first-order chi connectivity index (χ1) is 28.7. The van der Waals surface area contributed by atoms with Gasteiger partial charge in [0.1, 0.15) is 35.9 Å². The maximum absolute atomic E-state index is 14.0. The summed E-state index contributed by atoms with van der Waals surface area (Å²) < 4.78 is 0.457. The van der Waals surface area contributed by atoms with Crippen molar-refractivity contribution in [2.45, 2.75) is 63.3 Å². The Labute approximate surface area is 346 Å². The third-order valence-corrected chi connectivity index (χ3v) is 13.7. The second-order valence-corrected chi connectivity index (χ2v) is 17.1. The van der Waals surface area contributed by atoms with E-state index in [0.717, 1.165) is 83.0 Å². The van der Waals surface area contributed by atoms with Crippen molar-refractivity contribution in [3.05, 3.63) is 128 Å². The predicted octanol–water partition coefficient (Wildman–Crippen LogP) is 5.81. The molecule has 7 heterocycles. The fourth-order valence-electron chi connectivity index (χ4n) is 10.8. The number of benzene rings is 2. The lowest BCUT2D eigenvalue weighted by Gasteiger charge is -2.57. The van der Waals surface area contributed by atoms with Crippen molar-refractivity contribution in [3.8, 4) is 0 Å². The number of piperidine rings is 4. The van der Waals surface area contributed by atoms with E-state index in [2.05, 4.69) is 45.7 Å². The average Bonchev–Trinajstić information content (AvgIpc) is 3.25. The minimum Gasteiger partial charge on any atom is -0.382 e. The molecule has 4 saturated heterocycles. The third kappa shape index (κ3) is 8.30. The Kier molecular flexibility index (Phi) is 12.0. The number of hydrogen-bond donors (Lipinski definition) is 5. The summed E-state index contributed by atoms with van der Waals surface area (Å²) >= 11 is 0. The van der Waals surface area contributed by atoms with Crippen LogP contribution < -0.4 is 15.5 Å². The Balaban J connectivity index is 0.969. The van der Waals surface area contributed by atoms with Crippen LogP contribution in [0.3, 0.4) is 0 Å². The molecule has 0 radical (unpaired) electrons. The second-order valence-electron chi connectivity index (χ2n) is 17.1. The van der Waals surface area contributed by atoms with Crippen LogP contribution in [-0.4, -0.2) is 86.3 Å². The van der Waals surface area contributed by atoms with E-state index >= 15 is 0 Å². The second kappa shape index (κ2) is 17.5. The molecule has 3 aromatic heterocycles. The van der Waals surface area contributed by atoms with E-state index in [-0.39, 0.29) is 48.8 Å². The van der Waals surface area contributed by atoms with Gasteiger partial charge in [-0.1, -0.05) is 68.0 Å². The lowest BCUT2D eigenvalue weighted by molar-refractivity contribution is -0.966. The molecule has 5 aromatic rings. The number of fused-ring (bicyclic) bond motifs is 5. The quantitative estimate of drug-likeness (QED) is 0.0706. The molecule has 59 heavy (non-hydrogen) atoms. The predicted molar refractivity (Wildman–Crippen MR) is 231 cm³/mol. The number of amides is 2. The first-order valence-electron chi connectivity index (χ1n) is 21.3. The van der Waals surface area contributed by atoms with Crippen molar-refractivity contribution in [3.63, 3.8) is 0 Å². The summed E-state index contributed by atoms with van der Waals surface area (Å²) in [5.74, 6) is 1.50. The maximum Gasteiger partial charge on any atom is 0.280 e. The molecule has 0 aliphatic carbocycles. The summed E-state index contributed by atoms with van der Waals surface area (Å²) in [4.78, 5) is 42.5. The highest BCUT2D eigenvalue weighted by Gasteiger charge is 2.55. The smallest absolute Gasteiger partial charge is 0.280 e. The number of carbonyl (C=O) groups excluding carboxylic acids is 2. The Morgan fingerprint density at radius 2 is 1.46 bits per heavy atom. The van der Waals surface area contributed by atoms with E-state index in [1.807, 2.05) is 72.8 Å². The van der Waals surface area contributed by atoms with Gasteiger partial charge in [0.25, 0.3) is 11.8 Å². The molecule has 4 aliphatic rings. The number of carbonyl (C=O) groups is 2. The van der Waals surface area contributed by atoms with Gasteiger partial charge in [0.2, 0.25) is 0 Å². The monoisotopic (exact) mass is 795 g/mol. The van der Waals surface area contributed by atoms with E-state index in [9.17, 15) is 19.8 Å². The van der Waals surface area contributed by atoms with Crippen LogP contribution in [0.1, 0.15) is 62.4 Å². The van der Waals surface area contributed by atoms with E-state index < -0.39 is 12.2 Å². The van der Waals surface area contributed by atoms with Gasteiger partial charge in [-0.25, -0.2) is 4.98 Å². The number of pyridine rings is 3. The molecule has 306 valence electrons. The van der Waals surface area contributed by atoms with Crippen LogP contribution in [0, 0.1) is 23.7 Å². The average molecular weight is 796 g/mol. The van der Waals surface area contributed by atoms with Crippen molar-refractivity contribution in [2.75, 3.05) is 43.4 Å². The van der Waals surface area contributed by atoms with Gasteiger partial charge in [0, 0.05) is 54.3 Å². The van der Waals surface area contributed by atoms with Crippen LogP contribution in [0.25, 0.3) is 21.8 Å². The molecule has 4 aliphatic heterocycles. The molecule has 2 amide bonds. The Morgan fingerprint density at radius 1 is 0.831 bits per heavy atom. The van der Waals surface area contributed by atoms with E-state index in [1.54, 1.807) is 30.6 Å². The number of nitrogens with one attached hydrogen (secondary N) is 3. The van der Waals surface area contributed by atoms with Gasteiger partial charge < -0.3 is 30.2 Å². The van der Waals surface area contributed by atoms with Gasteiger partial charge in [0.05, 0.1) is 30.7 Å². The molecule has 11 heteroatoms. The molecule has 9 rings (SSSR count). The van der Waals surface area contributed by atoms with Crippen LogP contribution in [0.5, 0.6) is 0 Å². The van der Waals surface area contributed by atoms with Gasteiger partial charge in [0.15, 0.2) is 13.1 Å². The fraction of sp³-hybridized carbons (Fsp3) is 0.396. The highest BCUT2D eigenvalue weighted by molar-refractivity contribution is 5.93. The fourth-order valence-corrected chi connectivity index (χ4v) is 10.8. The van der Waals surface area contributed by atoms with Crippen molar-refractivity contribution in [1.29, 1.82) is 0 Å². The number of hydrogen-bond acceptors (Lipinski definition) is 7. The normalized spacial score (nSPS) is 27.5. The number of rotatable bonds is 14. The number of anilines is 2. The first-order valence-corrected chi connectivity index (χ1v) is 21.3. The van der Waals surface area contributed by atoms with Crippen molar-refractivity contribution >= 4 is 45.3 Å². The molecule has 10 atom stereocenters. The first kappa shape index (κ1) is 40.4. The Hall–Kier alpha value is -5.33. The standard InChI is InChI=1S/C48H55N7O4/c1-4-12-33-25-41(47(58)37-19-22-49-39-15-9-7-13-35(37)39)54(27-31(33)5-2)28-45(56)52-43-17-11-18-44(51-43)53-46(57)30-55-24-21-34(32(6-3)29-55)26-42(55)48(59)38-20-23-50-40-16-10-8-14-36(38)40/h5-11,13-20,22-23,31-34,41-42,47-48,58-59H,2-4,12,21,24-30H2,1H3,(H-,51,52,53,56,57)/p+2. The van der Waals surface area contributed by atoms with E-state index in [0.29, 0.717) is 34.5 Å². The van der Waals surface area contributed by atoms with Gasteiger partial charge in [-0.05, 0) is 65.8 Å². The van der Waals surface area contributed by atoms with Gasteiger partial charge in [-0.15, -0.1) is 13.2 Å². The summed E-state index contributed by atoms with van der Waals surface area (Å²) in [5, 5.41) is 31.9. The van der Waals surface area contributed by atoms with Crippen molar-refractivity contribution in [2.24, 2.45) is 23.7 Å². The highest BCUT2D eigenvalue weighted by Crippen LogP contribution is 2.47. The zero-order chi connectivity index (χ0) is 41.1. The minimum atomic E-state index is -0.795. The zero-order valence-corrected chi connectivity index (χ0v) is 33.9. The summed E-state index contributed by atoms with van der Waals surface area (Å²) in [6.07, 6.45) is 10.5. The number of aromatic nitrogens is 3. The van der Waals surface area contributed by atoms with E-state index in [4.69, 9.17) is 0 Å². The molecule has 5 N–H and O–H groups in total. The van der Waals surface area contributed by atoms with Crippen LogP contribution >= 0.6 is 0 Å². The molecular weight excluding hydrogens is 739 g/mol. The third-order valence-electron chi connectivity index (χ3n) is 13.7. The van der Waals surface area contributed by atoms with Crippen LogP contribution in [0.2, 0.25) is 0 Å². The number of likely N-dealkylation sites (tertiary alicyclic amines) is 1. The van der Waals surface area contributed by atoms with E-state index in [1.165, 1.54) is 0 Å². The summed E-state index contributed by atoms with van der Waals surface area (Å²) in [7, 11) is 0. The van der Waals surface area contributed by atoms with Gasteiger partial charge in [-0.2, -0.15) is 0 Å². The number of aliphatic hydroxyl groups is 2. The van der Waals surface area contributed by atoms with Crippen LogP contribution in [-0.2, 0) is 9.59 Å². The number of nitrogens with zero attached hydrogens (tertiary/aromatic N) is 4. The largest absolute Gasteiger partial charge is 0.382 e. The molecule has 0 spiro atoms. The number of quaternary nitrogens is 2. The van der Waals surface area contributed by atoms with Crippen LogP contribution in [0.15, 0.2) is 117 Å². The zero-order valence-electron chi connectivity index (χ0n) is 33.9. The number of para-hydroxylation sites is 2. The molecule has 0 saturated carbocycles. The minimum absolute atomic E-state index is 0.133. The molecule has 10 unspecified atom stereocenters. The topological polar surface area (TPSA) is 142 Å². The molecule has 4 fully saturated rings. The molecular formula is C48H57N7O4+2. The van der Waals surface area contributed by atoms with Crippen LogP contribution in [0.4, 0.5) is 11.6 Å². The Morgan fingerprint density at radius 3 is 2.10 bits per heavy atom. The maximum atomic E-state index is 14.0. The Bertz CT molecular complexity index is 2330.